The van der Waals surface area contributed by atoms with Crippen molar-refractivity contribution in [1.29, 1.82) is 0 Å². The normalized spacial score (nSPS) is 14.3. The number of aromatic nitrogens is 4. The first-order valence-corrected chi connectivity index (χ1v) is 9.65. The largest absolute Gasteiger partial charge is 0.421 e. The Bertz CT molecular complexity index is 1030. The lowest BCUT2D eigenvalue weighted by atomic mass is 9.92. The lowest BCUT2D eigenvalue weighted by Crippen LogP contribution is -2.37. The molecule has 0 bridgehead atoms. The molecule has 0 aliphatic carbocycles. The van der Waals surface area contributed by atoms with Gasteiger partial charge < -0.3 is 4.74 Å². The van der Waals surface area contributed by atoms with Crippen molar-refractivity contribution in [2.45, 2.75) is 32.7 Å². The van der Waals surface area contributed by atoms with Gasteiger partial charge in [-0.25, -0.2) is 24.3 Å². The Morgan fingerprint density at radius 2 is 2.04 bits per heavy atom. The maximum atomic E-state index is 12.6. The first kappa shape index (κ1) is 18.2. The maximum absolute atomic E-state index is 12.6. The standard InChI is InChI=1S/C17H15Cl2N5O2S/c1-17(2,3)13-14(24-8-20-7-21-24)27-15(22-13)23-6-9-4-10(18)5-11(19)12(9)26-16(23)25/h4-5,7-8H,6H2,1-3H3. The highest BCUT2D eigenvalue weighted by Gasteiger charge is 2.33. The molecule has 2 aromatic heterocycles. The van der Waals surface area contributed by atoms with E-state index < -0.39 is 6.09 Å². The molecule has 0 spiro atoms. The summed E-state index contributed by atoms with van der Waals surface area (Å²) in [4.78, 5) is 22.8. The molecule has 1 aliphatic heterocycles. The van der Waals surface area contributed by atoms with Gasteiger partial charge in [-0.2, -0.15) is 5.10 Å². The fraction of sp³-hybridized carbons (Fsp3) is 0.294. The second kappa shape index (κ2) is 6.47. The Hall–Kier alpha value is -2.16. The Labute approximate surface area is 169 Å². The third kappa shape index (κ3) is 3.28. The lowest BCUT2D eigenvalue weighted by Gasteiger charge is -2.26. The van der Waals surface area contributed by atoms with Crippen molar-refractivity contribution in [3.8, 4) is 10.8 Å². The van der Waals surface area contributed by atoms with Crippen LogP contribution in [0.3, 0.4) is 0 Å². The Morgan fingerprint density at radius 3 is 2.70 bits per heavy atom. The molecule has 0 saturated carbocycles. The van der Waals surface area contributed by atoms with Crippen molar-refractivity contribution in [3.05, 3.63) is 46.1 Å². The lowest BCUT2D eigenvalue weighted by molar-refractivity contribution is 0.203. The van der Waals surface area contributed by atoms with Crippen molar-refractivity contribution in [1.82, 2.24) is 19.7 Å². The first-order chi connectivity index (χ1) is 12.7. The summed E-state index contributed by atoms with van der Waals surface area (Å²) in [5.74, 6) is 0.339. The summed E-state index contributed by atoms with van der Waals surface area (Å²) in [6.07, 6.45) is 2.53. The number of thiazole rings is 1. The van der Waals surface area contributed by atoms with Gasteiger partial charge in [0.1, 0.15) is 17.7 Å². The maximum Gasteiger partial charge on any atom is 0.421 e. The van der Waals surface area contributed by atoms with Gasteiger partial charge in [-0.05, 0) is 12.1 Å². The zero-order valence-electron chi connectivity index (χ0n) is 14.7. The molecule has 0 fully saturated rings. The van der Waals surface area contributed by atoms with Gasteiger partial charge in [0, 0.05) is 16.0 Å². The molecule has 3 heterocycles. The van der Waals surface area contributed by atoms with E-state index in [1.807, 2.05) is 0 Å². The van der Waals surface area contributed by atoms with Gasteiger partial charge in [-0.3, -0.25) is 0 Å². The molecule has 0 unspecified atom stereocenters. The molecule has 1 aliphatic rings. The van der Waals surface area contributed by atoms with Crippen LogP contribution in [0.4, 0.5) is 9.93 Å². The third-order valence-electron chi connectivity index (χ3n) is 3.99. The van der Waals surface area contributed by atoms with Crippen molar-refractivity contribution in [2.24, 2.45) is 0 Å². The van der Waals surface area contributed by atoms with Gasteiger partial charge >= 0.3 is 6.09 Å². The second-order valence-electron chi connectivity index (χ2n) is 7.07. The monoisotopic (exact) mass is 423 g/mol. The van der Waals surface area contributed by atoms with Crippen molar-refractivity contribution in [2.75, 3.05) is 4.90 Å². The van der Waals surface area contributed by atoms with Crippen LogP contribution in [0.25, 0.3) is 5.00 Å². The third-order valence-corrected chi connectivity index (χ3v) is 5.56. The molecular formula is C17H15Cl2N5O2S. The number of fused-ring (bicyclic) bond motifs is 1. The van der Waals surface area contributed by atoms with Gasteiger partial charge in [-0.1, -0.05) is 55.3 Å². The van der Waals surface area contributed by atoms with Crippen LogP contribution < -0.4 is 9.64 Å². The van der Waals surface area contributed by atoms with Gasteiger partial charge in [0.25, 0.3) is 0 Å². The Balaban J connectivity index is 1.79. The number of halogens is 2. The van der Waals surface area contributed by atoms with E-state index in [1.54, 1.807) is 23.1 Å². The summed E-state index contributed by atoms with van der Waals surface area (Å²) in [7, 11) is 0. The highest BCUT2D eigenvalue weighted by Crippen LogP contribution is 2.41. The number of hydrogen-bond acceptors (Lipinski definition) is 6. The fourth-order valence-corrected chi connectivity index (χ4v) is 4.51. The number of amides is 1. The van der Waals surface area contributed by atoms with Crippen molar-refractivity contribution >= 4 is 45.8 Å². The molecule has 0 N–H and O–H groups in total. The summed E-state index contributed by atoms with van der Waals surface area (Å²) < 4.78 is 7.09. The number of carbonyl (C=O) groups excluding carboxylic acids is 1. The average Bonchev–Trinajstić information content (AvgIpc) is 3.23. The van der Waals surface area contributed by atoms with E-state index in [-0.39, 0.29) is 12.0 Å². The van der Waals surface area contributed by atoms with Crippen molar-refractivity contribution < 1.29 is 9.53 Å². The van der Waals surface area contributed by atoms with Crippen molar-refractivity contribution in [3.63, 3.8) is 0 Å². The number of hydrogen-bond donors (Lipinski definition) is 0. The number of carbonyl (C=O) groups is 1. The number of benzene rings is 1. The minimum Gasteiger partial charge on any atom is -0.408 e. The van der Waals surface area contributed by atoms with Crippen LogP contribution >= 0.6 is 34.5 Å². The molecule has 1 amide bonds. The van der Waals surface area contributed by atoms with Crippen LogP contribution in [0.5, 0.6) is 5.75 Å². The smallest absolute Gasteiger partial charge is 0.408 e. The molecule has 0 saturated heterocycles. The summed E-state index contributed by atoms with van der Waals surface area (Å²) in [6, 6.07) is 3.29. The number of nitrogens with zero attached hydrogens (tertiary/aromatic N) is 5. The number of rotatable bonds is 2. The van der Waals surface area contributed by atoms with Crippen LogP contribution in [0.2, 0.25) is 10.0 Å². The van der Waals surface area contributed by atoms with Gasteiger partial charge in [0.2, 0.25) is 0 Å². The van der Waals surface area contributed by atoms with E-state index in [0.717, 1.165) is 16.3 Å². The molecule has 0 radical (unpaired) electrons. The Kier molecular flexibility index (Phi) is 4.37. The minimum atomic E-state index is -0.536. The predicted molar refractivity (Wildman–Crippen MR) is 104 cm³/mol. The molecule has 4 rings (SSSR count). The highest BCUT2D eigenvalue weighted by molar-refractivity contribution is 7.18. The van der Waals surface area contributed by atoms with E-state index in [0.29, 0.717) is 20.9 Å². The van der Waals surface area contributed by atoms with Crippen LogP contribution in [-0.4, -0.2) is 25.8 Å². The molecule has 1 aromatic carbocycles. The van der Waals surface area contributed by atoms with Gasteiger partial charge in [0.05, 0.1) is 17.3 Å². The van der Waals surface area contributed by atoms with Crippen LogP contribution in [0, 0.1) is 0 Å². The van der Waals surface area contributed by atoms with Crippen LogP contribution in [0.1, 0.15) is 32.0 Å². The highest BCUT2D eigenvalue weighted by atomic mass is 35.5. The predicted octanol–water partition coefficient (Wildman–Crippen LogP) is 4.85. The molecular weight excluding hydrogens is 409 g/mol. The minimum absolute atomic E-state index is 0.250. The van der Waals surface area contributed by atoms with Gasteiger partial charge in [-0.15, -0.1) is 0 Å². The van der Waals surface area contributed by atoms with E-state index in [1.165, 1.54) is 22.6 Å². The number of anilines is 1. The summed E-state index contributed by atoms with van der Waals surface area (Å²) in [6.45, 7) is 6.42. The SMILES string of the molecule is CC(C)(C)c1nc(N2Cc3cc(Cl)cc(Cl)c3OC2=O)sc1-n1cncn1. The molecule has 10 heteroatoms. The van der Waals surface area contributed by atoms with E-state index in [4.69, 9.17) is 32.9 Å². The van der Waals surface area contributed by atoms with E-state index in [9.17, 15) is 4.79 Å². The summed E-state index contributed by atoms with van der Waals surface area (Å²) in [5.41, 5.74) is 1.29. The number of ether oxygens (including phenoxy) is 1. The molecule has 0 atom stereocenters. The first-order valence-electron chi connectivity index (χ1n) is 8.07. The second-order valence-corrected chi connectivity index (χ2v) is 8.87. The molecule has 7 nitrogen and oxygen atoms in total. The average molecular weight is 424 g/mol. The summed E-state index contributed by atoms with van der Waals surface area (Å²) >= 11 is 13.6. The zero-order chi connectivity index (χ0) is 19.3. The van der Waals surface area contributed by atoms with E-state index >= 15 is 0 Å². The summed E-state index contributed by atoms with van der Waals surface area (Å²) in [5, 5.41) is 6.31. The fourth-order valence-electron chi connectivity index (χ4n) is 2.74. The Morgan fingerprint density at radius 1 is 1.26 bits per heavy atom. The zero-order valence-corrected chi connectivity index (χ0v) is 17.1. The molecule has 140 valence electrons. The van der Waals surface area contributed by atoms with E-state index in [2.05, 4.69) is 30.9 Å². The van der Waals surface area contributed by atoms with Gasteiger partial charge in [0.15, 0.2) is 10.9 Å². The molecule has 3 aromatic rings. The van der Waals surface area contributed by atoms with Crippen LogP contribution in [0.15, 0.2) is 24.8 Å². The van der Waals surface area contributed by atoms with Crippen LogP contribution in [-0.2, 0) is 12.0 Å². The topological polar surface area (TPSA) is 73.1 Å². The quantitative estimate of drug-likeness (QED) is 0.588. The molecule has 27 heavy (non-hydrogen) atoms.